The summed E-state index contributed by atoms with van der Waals surface area (Å²) in [6.45, 7) is 1.63. The van der Waals surface area contributed by atoms with E-state index in [1.807, 2.05) is 25.2 Å². The second kappa shape index (κ2) is 7.90. The zero-order valence-electron chi connectivity index (χ0n) is 20.5. The second-order valence-corrected chi connectivity index (χ2v) is 7.82. The Morgan fingerprint density at radius 1 is 1.35 bits per heavy atom. The van der Waals surface area contributed by atoms with E-state index >= 15 is 0 Å². The minimum absolute atomic E-state index is 0.0438. The number of hydrogen-bond donors (Lipinski definition) is 3. The van der Waals surface area contributed by atoms with E-state index in [2.05, 4.69) is 15.6 Å². The van der Waals surface area contributed by atoms with Crippen LogP contribution in [0.25, 0.3) is 10.9 Å². The van der Waals surface area contributed by atoms with Crippen LogP contribution in [0.4, 0.5) is 17.2 Å². The first-order valence-electron chi connectivity index (χ1n) is 11.6. The van der Waals surface area contributed by atoms with Gasteiger partial charge in [0.15, 0.2) is 0 Å². The lowest BCUT2D eigenvalue weighted by molar-refractivity contribution is -0.117. The van der Waals surface area contributed by atoms with E-state index in [1.54, 1.807) is 28.6 Å². The van der Waals surface area contributed by atoms with Gasteiger partial charge in [0.1, 0.15) is 5.82 Å². The molecule has 31 heavy (non-hydrogen) atoms. The molecule has 3 heterocycles. The zero-order chi connectivity index (χ0) is 24.8. The van der Waals surface area contributed by atoms with Crippen molar-refractivity contribution >= 4 is 39.9 Å². The highest BCUT2D eigenvalue weighted by Crippen LogP contribution is 2.38. The summed E-state index contributed by atoms with van der Waals surface area (Å²) >= 11 is 0. The highest BCUT2D eigenvalue weighted by molar-refractivity contribution is 6.03. The minimum Gasteiger partial charge on any atom is -0.355 e. The largest absolute Gasteiger partial charge is 0.355 e. The van der Waals surface area contributed by atoms with E-state index < -0.39 is 12.9 Å². The minimum atomic E-state index is -2.70. The summed E-state index contributed by atoms with van der Waals surface area (Å²) in [4.78, 5) is 42.2. The molecule has 0 unspecified atom stereocenters. The van der Waals surface area contributed by atoms with Gasteiger partial charge in [-0.2, -0.15) is 0 Å². The molecule has 1 aliphatic carbocycles. The van der Waals surface area contributed by atoms with Gasteiger partial charge in [-0.3, -0.25) is 14.4 Å². The maximum absolute atomic E-state index is 13.0. The molecule has 0 aromatic carbocycles. The van der Waals surface area contributed by atoms with Gasteiger partial charge in [0.2, 0.25) is 5.91 Å². The van der Waals surface area contributed by atoms with Crippen LogP contribution < -0.4 is 21.5 Å². The van der Waals surface area contributed by atoms with E-state index in [0.717, 1.165) is 6.42 Å². The van der Waals surface area contributed by atoms with Crippen molar-refractivity contribution in [2.24, 2.45) is 18.9 Å². The molecule has 2 amide bonds. The fraction of sp³-hybridized carbons (Fsp3) is 0.364. The molecule has 3 aromatic rings. The predicted octanol–water partition coefficient (Wildman–Crippen LogP) is 2.45. The van der Waals surface area contributed by atoms with Crippen LogP contribution in [0, 0.1) is 11.8 Å². The van der Waals surface area contributed by atoms with E-state index in [0.29, 0.717) is 29.1 Å². The zero-order valence-corrected chi connectivity index (χ0v) is 17.5. The lowest BCUT2D eigenvalue weighted by Crippen LogP contribution is -2.21. The van der Waals surface area contributed by atoms with Crippen molar-refractivity contribution in [1.82, 2.24) is 19.4 Å². The van der Waals surface area contributed by atoms with Gasteiger partial charge in [-0.1, -0.05) is 6.92 Å². The van der Waals surface area contributed by atoms with Crippen molar-refractivity contribution in [2.75, 3.05) is 17.6 Å². The van der Waals surface area contributed by atoms with Gasteiger partial charge in [0, 0.05) is 55.3 Å². The highest BCUT2D eigenvalue weighted by atomic mass is 16.2. The molecule has 1 saturated carbocycles. The SMILES string of the molecule is [2H]C([2H])([2H])NC(=O)c1cnc(NC(=O)[C@@H]2C[C@@H]2C)cc1Nc1cn(C)c2ccn(CC)c(=O)c12. The number of carbonyl (C=O) groups excluding carboxylic acids is 2. The first-order valence-corrected chi connectivity index (χ1v) is 10.1. The number of aromatic nitrogens is 3. The van der Waals surface area contributed by atoms with Crippen LogP contribution in [0.5, 0.6) is 0 Å². The summed E-state index contributed by atoms with van der Waals surface area (Å²) in [7, 11) is 1.79. The Morgan fingerprint density at radius 3 is 2.81 bits per heavy atom. The maximum atomic E-state index is 13.0. The molecule has 9 nitrogen and oxygen atoms in total. The van der Waals surface area contributed by atoms with Crippen LogP contribution in [0.3, 0.4) is 0 Å². The van der Waals surface area contributed by atoms with E-state index in [9.17, 15) is 14.4 Å². The first-order chi connectivity index (χ1) is 16.0. The summed E-state index contributed by atoms with van der Waals surface area (Å²) < 4.78 is 25.4. The van der Waals surface area contributed by atoms with E-state index in [4.69, 9.17) is 4.11 Å². The molecule has 3 aromatic heterocycles. The smallest absolute Gasteiger partial charge is 0.262 e. The third-order valence-corrected chi connectivity index (χ3v) is 5.68. The molecule has 4 rings (SSSR count). The van der Waals surface area contributed by atoms with Gasteiger partial charge in [0.25, 0.3) is 11.5 Å². The molecule has 0 aliphatic heterocycles. The molecule has 9 heteroatoms. The number of fused-ring (bicyclic) bond motifs is 1. The molecule has 1 fully saturated rings. The number of nitrogens with one attached hydrogen (secondary N) is 3. The topological polar surface area (TPSA) is 110 Å². The Hall–Kier alpha value is -3.62. The number of aryl methyl sites for hydroxylation is 2. The van der Waals surface area contributed by atoms with Gasteiger partial charge in [0.05, 0.1) is 27.8 Å². The Morgan fingerprint density at radius 2 is 2.13 bits per heavy atom. The average Bonchev–Trinajstić information content (AvgIpc) is 3.40. The molecule has 162 valence electrons. The maximum Gasteiger partial charge on any atom is 0.262 e. The third-order valence-electron chi connectivity index (χ3n) is 5.68. The molecule has 1 aliphatic rings. The van der Waals surface area contributed by atoms with Crippen molar-refractivity contribution in [3.63, 3.8) is 0 Å². The van der Waals surface area contributed by atoms with Crippen LogP contribution in [-0.4, -0.2) is 32.9 Å². The van der Waals surface area contributed by atoms with Gasteiger partial charge in [-0.15, -0.1) is 0 Å². The summed E-state index contributed by atoms with van der Waals surface area (Å²) in [5.74, 6) is -0.597. The fourth-order valence-corrected chi connectivity index (χ4v) is 3.71. The molecular weight excluding hydrogens is 396 g/mol. The number of nitrogens with zero attached hydrogens (tertiary/aromatic N) is 3. The summed E-state index contributed by atoms with van der Waals surface area (Å²) in [6.07, 6.45) is 5.42. The summed E-state index contributed by atoms with van der Waals surface area (Å²) in [5.41, 5.74) is 1.08. The lowest BCUT2D eigenvalue weighted by atomic mass is 10.2. The first kappa shape index (κ1) is 17.1. The quantitative estimate of drug-likeness (QED) is 0.562. The van der Waals surface area contributed by atoms with Crippen LogP contribution >= 0.6 is 0 Å². The van der Waals surface area contributed by atoms with E-state index in [-0.39, 0.29) is 34.5 Å². The highest BCUT2D eigenvalue weighted by Gasteiger charge is 2.39. The van der Waals surface area contributed by atoms with Gasteiger partial charge in [-0.25, -0.2) is 4.98 Å². The molecule has 3 N–H and O–H groups in total. The summed E-state index contributed by atoms with van der Waals surface area (Å²) in [6, 6.07) is 3.28. The van der Waals surface area contributed by atoms with Crippen LogP contribution in [0.1, 0.15) is 34.7 Å². The number of amides is 2. The number of hydrogen-bond acceptors (Lipinski definition) is 5. The Balaban J connectivity index is 1.76. The van der Waals surface area contributed by atoms with Crippen LogP contribution in [0.2, 0.25) is 0 Å². The Kier molecular flexibility index (Phi) is 4.36. The molecule has 2 atom stereocenters. The predicted molar refractivity (Wildman–Crippen MR) is 120 cm³/mol. The van der Waals surface area contributed by atoms with Crippen molar-refractivity contribution in [2.45, 2.75) is 26.8 Å². The fourth-order valence-electron chi connectivity index (χ4n) is 3.71. The average molecular weight is 426 g/mol. The van der Waals surface area contributed by atoms with Crippen molar-refractivity contribution in [3.05, 3.63) is 46.6 Å². The van der Waals surface area contributed by atoms with Gasteiger partial charge in [-0.05, 0) is 25.3 Å². The third kappa shape index (κ3) is 3.78. The van der Waals surface area contributed by atoms with Crippen molar-refractivity contribution < 1.29 is 13.7 Å². The van der Waals surface area contributed by atoms with Crippen LogP contribution in [-0.2, 0) is 18.4 Å². The lowest BCUT2D eigenvalue weighted by Gasteiger charge is -2.13. The molecule has 0 saturated heterocycles. The van der Waals surface area contributed by atoms with Gasteiger partial charge >= 0.3 is 0 Å². The number of rotatable bonds is 6. The Labute approximate surface area is 183 Å². The Bertz CT molecular complexity index is 1340. The van der Waals surface area contributed by atoms with E-state index in [1.165, 1.54) is 12.3 Å². The van der Waals surface area contributed by atoms with Gasteiger partial charge < -0.3 is 25.1 Å². The van der Waals surface area contributed by atoms with Crippen molar-refractivity contribution in [3.8, 4) is 0 Å². The monoisotopic (exact) mass is 425 g/mol. The number of carbonyl (C=O) groups is 2. The molecular formula is C22H26N6O3. The normalized spacial score (nSPS) is 19.3. The van der Waals surface area contributed by atoms with Crippen LogP contribution in [0.15, 0.2) is 35.5 Å². The molecule has 0 bridgehead atoms. The molecule has 0 radical (unpaired) electrons. The summed E-state index contributed by atoms with van der Waals surface area (Å²) in [5, 5.41) is 8.21. The molecule has 0 spiro atoms. The number of pyridine rings is 2. The standard InChI is InChI=1S/C22H26N6O3/c1-5-28-7-6-17-19(22(28)31)16(11-27(17)4)25-15-9-18(24-10-14(15)20(29)23-3)26-21(30)13-8-12(13)2/h6-7,9-13H,5,8H2,1-4H3,(H,23,29)(H2,24,25,26,30)/t12-,13+/m0/s1/i3D3. The van der Waals surface area contributed by atoms with Crippen molar-refractivity contribution in [1.29, 1.82) is 0 Å². The second-order valence-electron chi connectivity index (χ2n) is 7.82. The number of anilines is 3.